The topological polar surface area (TPSA) is 9.86 Å². The molecular weight excluding hydrogens is 532 g/mol. The number of hydrogen-bond acceptors (Lipinski definition) is 0. The van der Waals surface area contributed by atoms with Crippen molar-refractivity contribution in [1.29, 1.82) is 0 Å². The van der Waals surface area contributed by atoms with Crippen LogP contribution in [0, 0.1) is 0 Å². The van der Waals surface area contributed by atoms with Crippen LogP contribution in [0.25, 0.3) is 55.0 Å². The van der Waals surface area contributed by atoms with E-state index < -0.39 is 0 Å². The summed E-state index contributed by atoms with van der Waals surface area (Å²) in [6.07, 6.45) is 12.2. The van der Waals surface area contributed by atoms with Crippen LogP contribution in [0.4, 0.5) is 0 Å². The van der Waals surface area contributed by atoms with Gasteiger partial charge in [-0.25, -0.2) is 0 Å². The molecule has 2 heteroatoms. The fourth-order valence-corrected chi connectivity index (χ4v) is 7.33. The van der Waals surface area contributed by atoms with Gasteiger partial charge >= 0.3 is 0 Å². The second-order valence-electron chi connectivity index (χ2n) is 12.5. The van der Waals surface area contributed by atoms with E-state index in [0.717, 1.165) is 12.8 Å². The molecule has 222 valence electrons. The lowest BCUT2D eigenvalue weighted by molar-refractivity contribution is 0.661. The molecule has 0 saturated carbocycles. The standard InChI is InChI=1S/C42H44N2/c1-3-5-7-9-19-31-29-42(44-39-27-17-13-23-35(39)36-24-14-18-28-40(36)44)32(20-10-8-6-4-2)30-41(31)43-37-25-15-11-21-33(37)34-22-12-16-26-38(34)43/h11-18,21-30H,3-10,19-20H2,1-2H3. The molecular formula is C42H44N2. The molecule has 0 spiro atoms. The first-order valence-corrected chi connectivity index (χ1v) is 16.9. The Kier molecular flexibility index (Phi) is 8.24. The van der Waals surface area contributed by atoms with Gasteiger partial charge in [0.2, 0.25) is 0 Å². The SMILES string of the molecule is CCCCCCc1cc(-n2c3ccccc3c3ccccc32)c(CCCCCC)cc1-n1c2ccccc2c2ccccc21. The number of benzene rings is 5. The molecule has 2 heterocycles. The van der Waals surface area contributed by atoms with Gasteiger partial charge in [0.25, 0.3) is 0 Å². The van der Waals surface area contributed by atoms with Crippen molar-refractivity contribution in [3.05, 3.63) is 120 Å². The quantitative estimate of drug-likeness (QED) is 0.128. The monoisotopic (exact) mass is 576 g/mol. The Hall–Kier alpha value is -4.30. The molecule has 0 radical (unpaired) electrons. The molecule has 0 atom stereocenters. The fourth-order valence-electron chi connectivity index (χ4n) is 7.33. The molecule has 0 bridgehead atoms. The van der Waals surface area contributed by atoms with Crippen LogP contribution in [-0.2, 0) is 12.8 Å². The summed E-state index contributed by atoms with van der Waals surface area (Å²) < 4.78 is 5.12. The molecule has 0 unspecified atom stereocenters. The second kappa shape index (κ2) is 12.7. The summed E-state index contributed by atoms with van der Waals surface area (Å²) in [5.41, 5.74) is 10.8. The highest BCUT2D eigenvalue weighted by Gasteiger charge is 2.20. The number of rotatable bonds is 12. The van der Waals surface area contributed by atoms with Gasteiger partial charge in [-0.05, 0) is 73.2 Å². The maximum Gasteiger partial charge on any atom is 0.0541 e. The predicted octanol–water partition coefficient (Wildman–Crippen LogP) is 12.1. The number of para-hydroxylation sites is 4. The lowest BCUT2D eigenvalue weighted by Crippen LogP contribution is -2.07. The van der Waals surface area contributed by atoms with Gasteiger partial charge < -0.3 is 9.13 Å². The molecule has 0 saturated heterocycles. The van der Waals surface area contributed by atoms with Crippen molar-refractivity contribution in [1.82, 2.24) is 9.13 Å². The van der Waals surface area contributed by atoms with Gasteiger partial charge in [-0.2, -0.15) is 0 Å². The molecule has 7 rings (SSSR count). The zero-order valence-electron chi connectivity index (χ0n) is 26.4. The average molecular weight is 577 g/mol. The molecule has 5 aromatic carbocycles. The Morgan fingerprint density at radius 3 is 1.02 bits per heavy atom. The number of fused-ring (bicyclic) bond motifs is 6. The smallest absolute Gasteiger partial charge is 0.0541 e. The predicted molar refractivity (Wildman–Crippen MR) is 191 cm³/mol. The van der Waals surface area contributed by atoms with Crippen molar-refractivity contribution in [2.75, 3.05) is 0 Å². The van der Waals surface area contributed by atoms with Crippen molar-refractivity contribution < 1.29 is 0 Å². The van der Waals surface area contributed by atoms with Crippen molar-refractivity contribution in [2.45, 2.75) is 78.1 Å². The Morgan fingerprint density at radius 1 is 0.386 bits per heavy atom. The van der Waals surface area contributed by atoms with Crippen LogP contribution in [0.5, 0.6) is 0 Å². The lowest BCUT2D eigenvalue weighted by Gasteiger charge is -2.21. The summed E-state index contributed by atoms with van der Waals surface area (Å²) in [5, 5.41) is 5.32. The number of hydrogen-bond donors (Lipinski definition) is 0. The van der Waals surface area contributed by atoms with Crippen LogP contribution in [0.2, 0.25) is 0 Å². The number of aromatic nitrogens is 2. The molecule has 0 N–H and O–H groups in total. The van der Waals surface area contributed by atoms with Crippen LogP contribution in [0.15, 0.2) is 109 Å². The zero-order chi connectivity index (χ0) is 29.9. The highest BCUT2D eigenvalue weighted by molar-refractivity contribution is 6.10. The Morgan fingerprint density at radius 2 is 0.705 bits per heavy atom. The van der Waals surface area contributed by atoms with Crippen LogP contribution < -0.4 is 0 Å². The van der Waals surface area contributed by atoms with E-state index in [0.29, 0.717) is 0 Å². The van der Waals surface area contributed by atoms with Crippen molar-refractivity contribution in [3.63, 3.8) is 0 Å². The largest absolute Gasteiger partial charge is 0.309 e. The summed E-state index contributed by atoms with van der Waals surface area (Å²) in [4.78, 5) is 0. The first-order chi connectivity index (χ1) is 21.8. The molecule has 2 nitrogen and oxygen atoms in total. The number of nitrogens with zero attached hydrogens (tertiary/aromatic N) is 2. The minimum absolute atomic E-state index is 1.08. The lowest BCUT2D eigenvalue weighted by atomic mass is 9.97. The van der Waals surface area contributed by atoms with Crippen LogP contribution in [0.1, 0.15) is 76.3 Å². The van der Waals surface area contributed by atoms with Gasteiger partial charge in [0, 0.05) is 32.9 Å². The van der Waals surface area contributed by atoms with E-state index in [9.17, 15) is 0 Å². The van der Waals surface area contributed by atoms with E-state index in [4.69, 9.17) is 0 Å². The van der Waals surface area contributed by atoms with Crippen LogP contribution >= 0.6 is 0 Å². The summed E-state index contributed by atoms with van der Waals surface area (Å²) in [6.45, 7) is 4.61. The van der Waals surface area contributed by atoms with E-state index in [2.05, 4.69) is 132 Å². The van der Waals surface area contributed by atoms with Crippen molar-refractivity contribution in [2.24, 2.45) is 0 Å². The van der Waals surface area contributed by atoms with Crippen LogP contribution in [0.3, 0.4) is 0 Å². The minimum Gasteiger partial charge on any atom is -0.309 e. The van der Waals surface area contributed by atoms with Gasteiger partial charge in [0.05, 0.1) is 22.1 Å². The summed E-state index contributed by atoms with van der Waals surface area (Å²) in [7, 11) is 0. The maximum atomic E-state index is 2.57. The molecule has 0 aliphatic rings. The molecule has 0 amide bonds. The highest BCUT2D eigenvalue weighted by atomic mass is 15.0. The van der Waals surface area contributed by atoms with E-state index in [1.807, 2.05) is 0 Å². The summed E-state index contributed by atoms with van der Waals surface area (Å²) in [6, 6.07) is 41.0. The molecule has 2 aromatic heterocycles. The Labute approximate surface area is 261 Å². The van der Waals surface area contributed by atoms with Gasteiger partial charge in [-0.15, -0.1) is 0 Å². The number of aryl methyl sites for hydroxylation is 2. The third kappa shape index (κ3) is 5.11. The van der Waals surface area contributed by atoms with E-state index in [1.165, 1.54) is 117 Å². The van der Waals surface area contributed by atoms with Crippen LogP contribution in [-0.4, -0.2) is 9.13 Å². The van der Waals surface area contributed by atoms with Gasteiger partial charge in [-0.1, -0.05) is 125 Å². The van der Waals surface area contributed by atoms with Gasteiger partial charge in [0.1, 0.15) is 0 Å². The molecule has 0 aliphatic heterocycles. The third-order valence-electron chi connectivity index (χ3n) is 9.52. The van der Waals surface area contributed by atoms with Crippen molar-refractivity contribution >= 4 is 43.6 Å². The number of unbranched alkanes of at least 4 members (excludes halogenated alkanes) is 6. The van der Waals surface area contributed by atoms with Gasteiger partial charge in [0.15, 0.2) is 0 Å². The van der Waals surface area contributed by atoms with E-state index >= 15 is 0 Å². The third-order valence-corrected chi connectivity index (χ3v) is 9.52. The van der Waals surface area contributed by atoms with E-state index in [1.54, 1.807) is 0 Å². The van der Waals surface area contributed by atoms with Crippen molar-refractivity contribution in [3.8, 4) is 11.4 Å². The Bertz CT molecular complexity index is 1800. The average Bonchev–Trinajstić information content (AvgIpc) is 3.58. The van der Waals surface area contributed by atoms with E-state index in [-0.39, 0.29) is 0 Å². The summed E-state index contributed by atoms with van der Waals surface area (Å²) >= 11 is 0. The summed E-state index contributed by atoms with van der Waals surface area (Å²) in [5.74, 6) is 0. The second-order valence-corrected chi connectivity index (χ2v) is 12.5. The molecule has 44 heavy (non-hydrogen) atoms. The minimum atomic E-state index is 1.08. The fraction of sp³-hybridized carbons (Fsp3) is 0.286. The Balaban J connectivity index is 1.51. The molecule has 7 aromatic rings. The first-order valence-electron chi connectivity index (χ1n) is 16.9. The highest BCUT2D eigenvalue weighted by Crippen LogP contribution is 2.38. The molecule has 0 fully saturated rings. The van der Waals surface area contributed by atoms with Gasteiger partial charge in [-0.3, -0.25) is 0 Å². The zero-order valence-corrected chi connectivity index (χ0v) is 26.4. The maximum absolute atomic E-state index is 2.57. The molecule has 0 aliphatic carbocycles. The first kappa shape index (κ1) is 28.5. The normalized spacial score (nSPS) is 11.9.